The van der Waals surface area contributed by atoms with Gasteiger partial charge in [-0.2, -0.15) is 0 Å². The minimum Gasteiger partial charge on any atom is -0.144 e. The predicted molar refractivity (Wildman–Crippen MR) is 141 cm³/mol. The maximum Gasteiger partial charge on any atom is 0.0349 e. The molecule has 142 valence electrons. The largest absolute Gasteiger partial charge is 0.144 e. The molecule has 0 atom stereocenters. The molecule has 29 heavy (non-hydrogen) atoms. The lowest BCUT2D eigenvalue weighted by molar-refractivity contribution is 1.53. The van der Waals surface area contributed by atoms with Gasteiger partial charge in [-0.3, -0.25) is 0 Å². The fourth-order valence-electron chi connectivity index (χ4n) is 3.57. The van der Waals surface area contributed by atoms with Gasteiger partial charge in [0.1, 0.15) is 0 Å². The highest BCUT2D eigenvalue weighted by molar-refractivity contribution is 9.11. The summed E-state index contributed by atoms with van der Waals surface area (Å²) in [6.45, 7) is 0. The molecule has 0 radical (unpaired) electrons. The summed E-state index contributed by atoms with van der Waals surface area (Å²) in [5.41, 5.74) is 4.64. The average Bonchev–Trinajstić information content (AvgIpc) is 3.15. The van der Waals surface area contributed by atoms with Crippen LogP contribution in [0.5, 0.6) is 0 Å². The molecule has 0 saturated carbocycles. The summed E-state index contributed by atoms with van der Waals surface area (Å²) in [6, 6.07) is 23.8. The fourth-order valence-corrected chi connectivity index (χ4v) is 6.64. The summed E-state index contributed by atoms with van der Waals surface area (Å²) in [6.07, 6.45) is 0. The number of hydrogen-bond donors (Lipinski definition) is 0. The van der Waals surface area contributed by atoms with Gasteiger partial charge in [0, 0.05) is 22.6 Å². The summed E-state index contributed by atoms with van der Waals surface area (Å²) < 4.78 is 5.58. The molecule has 0 N–H and O–H groups in total. The molecule has 5 rings (SSSR count). The van der Waals surface area contributed by atoms with Crippen LogP contribution < -0.4 is 0 Å². The summed E-state index contributed by atoms with van der Waals surface area (Å²) >= 11 is 16.9. The molecule has 0 spiro atoms. The third kappa shape index (κ3) is 3.66. The fraction of sp³-hybridized carbons (Fsp3) is 0. The summed E-state index contributed by atoms with van der Waals surface area (Å²) in [5, 5.41) is 5.84. The van der Waals surface area contributed by atoms with Crippen LogP contribution in [0.25, 0.3) is 43.1 Å². The number of halogens is 4. The van der Waals surface area contributed by atoms with E-state index in [1.54, 1.807) is 11.3 Å². The van der Waals surface area contributed by atoms with Crippen LogP contribution in [-0.2, 0) is 0 Å². The first kappa shape index (κ1) is 20.0. The van der Waals surface area contributed by atoms with E-state index in [2.05, 4.69) is 136 Å². The van der Waals surface area contributed by atoms with Gasteiger partial charge < -0.3 is 0 Å². The molecule has 1 heterocycles. The monoisotopic (exact) mass is 648 g/mol. The van der Waals surface area contributed by atoms with Crippen molar-refractivity contribution in [1.29, 1.82) is 0 Å². The van der Waals surface area contributed by atoms with Crippen molar-refractivity contribution in [2.45, 2.75) is 0 Å². The Bertz CT molecular complexity index is 1400. The van der Waals surface area contributed by atoms with Crippen LogP contribution in [0.1, 0.15) is 0 Å². The SMILES string of the molecule is Brc1cc(-c2cc3sccc3cc2Br)c(Br)cc1-c1cc2ccccc2cc1Br. The van der Waals surface area contributed by atoms with E-state index in [1.807, 2.05) is 0 Å². The van der Waals surface area contributed by atoms with Crippen LogP contribution >= 0.6 is 75.1 Å². The van der Waals surface area contributed by atoms with E-state index in [1.165, 1.54) is 26.4 Å². The molecule has 1 aromatic heterocycles. The van der Waals surface area contributed by atoms with E-state index in [0.29, 0.717) is 0 Å². The molecule has 0 saturated heterocycles. The van der Waals surface area contributed by atoms with Crippen molar-refractivity contribution in [3.05, 3.63) is 90.0 Å². The van der Waals surface area contributed by atoms with Gasteiger partial charge >= 0.3 is 0 Å². The molecule has 0 nitrogen and oxygen atoms in total. The number of rotatable bonds is 2. The molecule has 0 unspecified atom stereocenters. The smallest absolute Gasteiger partial charge is 0.0349 e. The van der Waals surface area contributed by atoms with E-state index in [4.69, 9.17) is 0 Å². The number of fused-ring (bicyclic) bond motifs is 2. The maximum absolute atomic E-state index is 3.83. The van der Waals surface area contributed by atoms with Crippen molar-refractivity contribution in [1.82, 2.24) is 0 Å². The average molecular weight is 652 g/mol. The zero-order valence-electron chi connectivity index (χ0n) is 14.8. The maximum atomic E-state index is 3.83. The highest BCUT2D eigenvalue weighted by Gasteiger charge is 2.15. The minimum absolute atomic E-state index is 1.06. The quantitative estimate of drug-likeness (QED) is 0.178. The summed E-state index contributed by atoms with van der Waals surface area (Å²) in [4.78, 5) is 0. The second-order valence-electron chi connectivity index (χ2n) is 6.78. The van der Waals surface area contributed by atoms with Crippen LogP contribution in [0.15, 0.2) is 90.0 Å². The standard InChI is InChI=1S/C24H12Br4S/c25-20-8-14-4-2-1-3-13(14)7-16(20)17-10-23(28)18(11-22(17)27)19-12-24-15(5-6-29-24)9-21(19)26/h1-12H. The topological polar surface area (TPSA) is 0 Å². The molecule has 4 aromatic carbocycles. The summed E-state index contributed by atoms with van der Waals surface area (Å²) in [5.74, 6) is 0. The van der Waals surface area contributed by atoms with Crippen molar-refractivity contribution in [3.63, 3.8) is 0 Å². The second kappa shape index (κ2) is 7.93. The van der Waals surface area contributed by atoms with E-state index in [9.17, 15) is 0 Å². The third-order valence-electron chi connectivity index (χ3n) is 5.01. The normalized spacial score (nSPS) is 11.4. The van der Waals surface area contributed by atoms with Gasteiger partial charge in [-0.25, -0.2) is 0 Å². The van der Waals surface area contributed by atoms with E-state index < -0.39 is 0 Å². The Hall–Kier alpha value is -0.980. The van der Waals surface area contributed by atoms with Gasteiger partial charge in [0.15, 0.2) is 0 Å². The molecule has 0 fully saturated rings. The van der Waals surface area contributed by atoms with E-state index >= 15 is 0 Å². The Balaban J connectivity index is 1.69. The lowest BCUT2D eigenvalue weighted by Crippen LogP contribution is -1.88. The Morgan fingerprint density at radius 3 is 1.62 bits per heavy atom. The van der Waals surface area contributed by atoms with Crippen LogP contribution in [0.2, 0.25) is 0 Å². The molecule has 0 amide bonds. The lowest BCUT2D eigenvalue weighted by Gasteiger charge is -2.14. The Morgan fingerprint density at radius 2 is 0.966 bits per heavy atom. The molecule has 0 bridgehead atoms. The van der Waals surface area contributed by atoms with E-state index in [-0.39, 0.29) is 0 Å². The Labute approximate surface area is 206 Å². The molecule has 5 aromatic rings. The Morgan fingerprint density at radius 1 is 0.483 bits per heavy atom. The van der Waals surface area contributed by atoms with Gasteiger partial charge in [-0.05, 0) is 86.3 Å². The third-order valence-corrected chi connectivity index (χ3v) is 8.52. The highest BCUT2D eigenvalue weighted by Crippen LogP contribution is 2.44. The van der Waals surface area contributed by atoms with Gasteiger partial charge in [0.25, 0.3) is 0 Å². The second-order valence-corrected chi connectivity index (χ2v) is 11.1. The van der Waals surface area contributed by atoms with Crippen molar-refractivity contribution in [2.24, 2.45) is 0 Å². The van der Waals surface area contributed by atoms with Crippen molar-refractivity contribution < 1.29 is 0 Å². The minimum atomic E-state index is 1.06. The first-order valence-corrected chi connectivity index (χ1v) is 12.9. The first-order valence-electron chi connectivity index (χ1n) is 8.86. The molecule has 0 aliphatic rings. The predicted octanol–water partition coefficient (Wildman–Crippen LogP) is 10.4. The summed E-state index contributed by atoms with van der Waals surface area (Å²) in [7, 11) is 0. The van der Waals surface area contributed by atoms with Crippen LogP contribution in [-0.4, -0.2) is 0 Å². The van der Waals surface area contributed by atoms with Gasteiger partial charge in [-0.15, -0.1) is 11.3 Å². The molecular weight excluding hydrogens is 640 g/mol. The molecule has 5 heteroatoms. The lowest BCUT2D eigenvalue weighted by atomic mass is 9.98. The first-order chi connectivity index (χ1) is 14.0. The van der Waals surface area contributed by atoms with Gasteiger partial charge in [-0.1, -0.05) is 88.0 Å². The number of thiophene rings is 1. The highest BCUT2D eigenvalue weighted by atomic mass is 79.9. The Kier molecular flexibility index (Phi) is 5.46. The molecule has 0 aliphatic heterocycles. The van der Waals surface area contributed by atoms with Crippen molar-refractivity contribution in [2.75, 3.05) is 0 Å². The number of benzene rings is 4. The van der Waals surface area contributed by atoms with E-state index in [0.717, 1.165) is 34.6 Å². The van der Waals surface area contributed by atoms with Crippen LogP contribution in [0.3, 0.4) is 0 Å². The molecular formula is C24H12Br4S. The van der Waals surface area contributed by atoms with Crippen molar-refractivity contribution >= 4 is 95.9 Å². The van der Waals surface area contributed by atoms with Crippen molar-refractivity contribution in [3.8, 4) is 22.3 Å². The van der Waals surface area contributed by atoms with Crippen LogP contribution in [0.4, 0.5) is 0 Å². The van der Waals surface area contributed by atoms with Gasteiger partial charge in [0.2, 0.25) is 0 Å². The number of hydrogen-bond acceptors (Lipinski definition) is 1. The molecule has 0 aliphatic carbocycles. The van der Waals surface area contributed by atoms with Gasteiger partial charge in [0.05, 0.1) is 0 Å². The zero-order valence-corrected chi connectivity index (χ0v) is 22.0. The zero-order chi connectivity index (χ0) is 20.1. The van der Waals surface area contributed by atoms with Crippen LogP contribution in [0, 0.1) is 0 Å².